The lowest BCUT2D eigenvalue weighted by Crippen LogP contribution is -2.39. The lowest BCUT2D eigenvalue weighted by atomic mass is 10.2. The second-order valence-electron chi connectivity index (χ2n) is 7.55. The summed E-state index contributed by atoms with van der Waals surface area (Å²) >= 11 is 5.88. The highest BCUT2D eigenvalue weighted by atomic mass is 35.5. The zero-order chi connectivity index (χ0) is 23.9. The minimum Gasteiger partial charge on any atom is -0.494 e. The van der Waals surface area contributed by atoms with Crippen LogP contribution in [-0.2, 0) is 9.59 Å². The van der Waals surface area contributed by atoms with Crippen molar-refractivity contribution >= 4 is 40.9 Å². The molecular weight excluding hydrogens is 459 g/mol. The van der Waals surface area contributed by atoms with Crippen LogP contribution in [0.3, 0.4) is 0 Å². The second kappa shape index (κ2) is 10.9. The smallest absolute Gasteiger partial charge is 0.265 e. The monoisotopic (exact) mass is 480 g/mol. The Hall–Kier alpha value is -3.84. The average Bonchev–Trinajstić information content (AvgIpc) is 2.83. The zero-order valence-electron chi connectivity index (χ0n) is 18.2. The number of halogens is 2. The molecule has 1 N–H and O–H groups in total. The minimum atomic E-state index is -0.352. The highest BCUT2D eigenvalue weighted by Gasteiger charge is 2.25. The normalized spacial score (nSPS) is 12.9. The van der Waals surface area contributed by atoms with Gasteiger partial charge in [-0.3, -0.25) is 9.59 Å². The van der Waals surface area contributed by atoms with Crippen LogP contribution < -0.4 is 19.7 Å². The minimum absolute atomic E-state index is 0.0445. The van der Waals surface area contributed by atoms with Gasteiger partial charge in [-0.1, -0.05) is 23.7 Å². The third-order valence-electron chi connectivity index (χ3n) is 5.08. The number of nitrogens with zero attached hydrogens (tertiary/aromatic N) is 1. The van der Waals surface area contributed by atoms with Crippen molar-refractivity contribution in [2.45, 2.75) is 6.42 Å². The van der Waals surface area contributed by atoms with Crippen molar-refractivity contribution in [2.24, 2.45) is 0 Å². The van der Waals surface area contributed by atoms with Gasteiger partial charge in [-0.05, 0) is 72.7 Å². The Balaban J connectivity index is 1.37. The van der Waals surface area contributed by atoms with E-state index in [2.05, 4.69) is 5.32 Å². The lowest BCUT2D eigenvalue weighted by Gasteiger charge is -2.29. The van der Waals surface area contributed by atoms with E-state index in [1.807, 2.05) is 0 Å². The first kappa shape index (κ1) is 23.3. The molecule has 1 aliphatic rings. The lowest BCUT2D eigenvalue weighted by molar-refractivity contribution is -0.121. The van der Waals surface area contributed by atoms with Gasteiger partial charge < -0.3 is 19.7 Å². The molecular formula is C26H22ClFN2O4. The molecule has 0 spiro atoms. The molecule has 0 atom stereocenters. The van der Waals surface area contributed by atoms with E-state index in [4.69, 9.17) is 21.1 Å². The molecule has 6 nitrogen and oxygen atoms in total. The van der Waals surface area contributed by atoms with Crippen LogP contribution in [0.4, 0.5) is 15.8 Å². The van der Waals surface area contributed by atoms with Gasteiger partial charge in [0.05, 0.1) is 12.3 Å². The molecule has 2 amide bonds. The summed E-state index contributed by atoms with van der Waals surface area (Å²) in [5.74, 6) is 0.414. The van der Waals surface area contributed by atoms with Crippen molar-refractivity contribution < 1.29 is 23.5 Å². The van der Waals surface area contributed by atoms with Crippen molar-refractivity contribution in [1.29, 1.82) is 0 Å². The van der Waals surface area contributed by atoms with Crippen LogP contribution in [0, 0.1) is 5.82 Å². The SMILES string of the molecule is O=C(/C=C/c1ccc(F)cc1)Nc1ccc2c(c1)N(CCCOc1ccc(Cl)cc1)C(=O)CO2. The number of hydrogen-bond donors (Lipinski definition) is 1. The molecule has 3 aromatic carbocycles. The van der Waals surface area contributed by atoms with Crippen LogP contribution in [0.25, 0.3) is 6.08 Å². The first-order valence-electron chi connectivity index (χ1n) is 10.7. The largest absolute Gasteiger partial charge is 0.494 e. The van der Waals surface area contributed by atoms with Crippen LogP contribution in [0.15, 0.2) is 72.8 Å². The first-order valence-corrected chi connectivity index (χ1v) is 11.1. The number of anilines is 2. The molecule has 3 aromatic rings. The summed E-state index contributed by atoms with van der Waals surface area (Å²) in [6.45, 7) is 0.814. The summed E-state index contributed by atoms with van der Waals surface area (Å²) in [6.07, 6.45) is 3.55. The standard InChI is InChI=1S/C26H22ClFN2O4/c27-19-5-10-22(11-6-19)33-15-1-14-30-23-16-21(9-12-24(23)34-17-26(30)32)29-25(31)13-4-18-2-7-20(28)8-3-18/h2-13,16H,1,14-15,17H2,(H,29,31)/b13-4+. The zero-order valence-corrected chi connectivity index (χ0v) is 18.9. The molecule has 34 heavy (non-hydrogen) atoms. The highest BCUT2D eigenvalue weighted by molar-refractivity contribution is 6.30. The third-order valence-corrected chi connectivity index (χ3v) is 5.33. The van der Waals surface area contributed by atoms with Crippen molar-refractivity contribution in [1.82, 2.24) is 0 Å². The molecule has 0 radical (unpaired) electrons. The third kappa shape index (κ3) is 6.14. The van der Waals surface area contributed by atoms with E-state index in [0.29, 0.717) is 53.0 Å². The number of carbonyl (C=O) groups is 2. The average molecular weight is 481 g/mol. The summed E-state index contributed by atoms with van der Waals surface area (Å²) in [5, 5.41) is 3.41. The summed E-state index contributed by atoms with van der Waals surface area (Å²) in [6, 6.07) is 18.0. The second-order valence-corrected chi connectivity index (χ2v) is 7.98. The van der Waals surface area contributed by atoms with Gasteiger partial charge >= 0.3 is 0 Å². The van der Waals surface area contributed by atoms with Crippen LogP contribution in [0.2, 0.25) is 5.02 Å². The molecule has 8 heteroatoms. The van der Waals surface area contributed by atoms with E-state index >= 15 is 0 Å². The molecule has 1 aliphatic heterocycles. The van der Waals surface area contributed by atoms with Crippen molar-refractivity contribution in [2.75, 3.05) is 30.0 Å². The molecule has 174 valence electrons. The topological polar surface area (TPSA) is 67.9 Å². The number of carbonyl (C=O) groups excluding carboxylic acids is 2. The molecule has 0 aromatic heterocycles. The molecule has 0 saturated heterocycles. The van der Waals surface area contributed by atoms with Crippen LogP contribution in [-0.4, -0.2) is 31.6 Å². The van der Waals surface area contributed by atoms with E-state index in [1.165, 1.54) is 18.2 Å². The van der Waals surface area contributed by atoms with E-state index < -0.39 is 0 Å². The van der Waals surface area contributed by atoms with E-state index in [1.54, 1.807) is 65.6 Å². The molecule has 4 rings (SSSR count). The van der Waals surface area contributed by atoms with Crippen molar-refractivity contribution in [3.63, 3.8) is 0 Å². The molecule has 0 saturated carbocycles. The maximum absolute atomic E-state index is 13.0. The van der Waals surface area contributed by atoms with E-state index in [-0.39, 0.29) is 24.2 Å². The number of nitrogens with one attached hydrogen (secondary N) is 1. The molecule has 0 bridgehead atoms. The van der Waals surface area contributed by atoms with E-state index in [0.717, 1.165) is 0 Å². The highest BCUT2D eigenvalue weighted by Crippen LogP contribution is 2.34. The number of fused-ring (bicyclic) bond motifs is 1. The van der Waals surface area contributed by atoms with Gasteiger partial charge in [-0.25, -0.2) is 4.39 Å². The van der Waals surface area contributed by atoms with Crippen LogP contribution >= 0.6 is 11.6 Å². The van der Waals surface area contributed by atoms with Crippen LogP contribution in [0.5, 0.6) is 11.5 Å². The number of benzene rings is 3. The number of amides is 2. The van der Waals surface area contributed by atoms with Gasteiger partial charge in [0.25, 0.3) is 5.91 Å². The first-order chi connectivity index (χ1) is 16.5. The summed E-state index contributed by atoms with van der Waals surface area (Å²) in [7, 11) is 0. The van der Waals surface area contributed by atoms with E-state index in [9.17, 15) is 14.0 Å². The Morgan fingerprint density at radius 3 is 2.65 bits per heavy atom. The van der Waals surface area contributed by atoms with Gasteiger partial charge in [-0.15, -0.1) is 0 Å². The van der Waals surface area contributed by atoms with Gasteiger partial charge in [0.2, 0.25) is 5.91 Å². The summed E-state index contributed by atoms with van der Waals surface area (Å²) < 4.78 is 24.2. The number of ether oxygens (including phenoxy) is 2. The summed E-state index contributed by atoms with van der Waals surface area (Å²) in [5.41, 5.74) is 1.81. The predicted molar refractivity (Wildman–Crippen MR) is 130 cm³/mol. The van der Waals surface area contributed by atoms with Gasteiger partial charge in [0.1, 0.15) is 17.3 Å². The predicted octanol–water partition coefficient (Wildman–Crippen LogP) is 5.33. The van der Waals surface area contributed by atoms with Gasteiger partial charge in [0, 0.05) is 23.3 Å². The Morgan fingerprint density at radius 1 is 1.12 bits per heavy atom. The van der Waals surface area contributed by atoms with Crippen molar-refractivity contribution in [3.8, 4) is 11.5 Å². The molecule has 1 heterocycles. The Bertz CT molecular complexity index is 1200. The number of hydrogen-bond acceptors (Lipinski definition) is 4. The Morgan fingerprint density at radius 2 is 1.88 bits per heavy atom. The fourth-order valence-electron chi connectivity index (χ4n) is 3.40. The Labute approximate surface area is 201 Å². The maximum atomic E-state index is 13.0. The van der Waals surface area contributed by atoms with Gasteiger partial charge in [0.15, 0.2) is 6.61 Å². The number of rotatable bonds is 8. The quantitative estimate of drug-likeness (QED) is 0.350. The molecule has 0 fully saturated rings. The fourth-order valence-corrected chi connectivity index (χ4v) is 3.52. The Kier molecular flexibility index (Phi) is 7.44. The fraction of sp³-hybridized carbons (Fsp3) is 0.154. The van der Waals surface area contributed by atoms with Crippen LogP contribution in [0.1, 0.15) is 12.0 Å². The molecule has 0 unspecified atom stereocenters. The molecule has 0 aliphatic carbocycles. The maximum Gasteiger partial charge on any atom is 0.265 e. The van der Waals surface area contributed by atoms with Crippen molar-refractivity contribution in [3.05, 3.63) is 89.2 Å². The summed E-state index contributed by atoms with van der Waals surface area (Å²) in [4.78, 5) is 26.5. The van der Waals surface area contributed by atoms with Gasteiger partial charge in [-0.2, -0.15) is 0 Å².